The number of furan rings is 1. The Morgan fingerprint density at radius 2 is 2.11 bits per heavy atom. The third-order valence-corrected chi connectivity index (χ3v) is 3.19. The van der Waals surface area contributed by atoms with E-state index in [1.165, 1.54) is 19.4 Å². The second-order valence-corrected chi connectivity index (χ2v) is 4.34. The molecule has 0 saturated heterocycles. The lowest BCUT2D eigenvalue weighted by Crippen LogP contribution is -2.35. The van der Waals surface area contributed by atoms with E-state index in [0.29, 0.717) is 12.8 Å². The zero-order valence-corrected chi connectivity index (χ0v) is 10.3. The van der Waals surface area contributed by atoms with E-state index in [1.807, 2.05) is 0 Å². The molecular weight excluding hydrogens is 236 g/mol. The van der Waals surface area contributed by atoms with E-state index in [9.17, 15) is 9.59 Å². The highest BCUT2D eigenvalue weighted by Crippen LogP contribution is 2.28. The van der Waals surface area contributed by atoms with Crippen LogP contribution < -0.4 is 0 Å². The maximum absolute atomic E-state index is 11.8. The SMILES string of the molecule is COC(=O)[C@@H]1CCCC[C@@H]1OC(=O)c1ccco1. The Kier molecular flexibility index (Phi) is 4.02. The molecule has 0 aliphatic heterocycles. The number of carbonyl (C=O) groups is 2. The van der Waals surface area contributed by atoms with Crippen molar-refractivity contribution in [3.63, 3.8) is 0 Å². The molecule has 1 aromatic heterocycles. The third kappa shape index (κ3) is 2.72. The maximum Gasteiger partial charge on any atom is 0.374 e. The van der Waals surface area contributed by atoms with Crippen LogP contribution in [0.15, 0.2) is 22.8 Å². The molecule has 0 N–H and O–H groups in total. The van der Waals surface area contributed by atoms with Crippen LogP contribution in [0, 0.1) is 5.92 Å². The monoisotopic (exact) mass is 252 g/mol. The van der Waals surface area contributed by atoms with Gasteiger partial charge in [-0.05, 0) is 31.4 Å². The number of ether oxygens (including phenoxy) is 2. The number of hydrogen-bond acceptors (Lipinski definition) is 5. The van der Waals surface area contributed by atoms with Gasteiger partial charge in [0, 0.05) is 0 Å². The lowest BCUT2D eigenvalue weighted by molar-refractivity contribution is -0.151. The first-order valence-corrected chi connectivity index (χ1v) is 6.04. The van der Waals surface area contributed by atoms with Crippen LogP contribution in [0.1, 0.15) is 36.2 Å². The minimum Gasteiger partial charge on any atom is -0.469 e. The fourth-order valence-corrected chi connectivity index (χ4v) is 2.25. The van der Waals surface area contributed by atoms with E-state index in [2.05, 4.69) is 0 Å². The zero-order valence-electron chi connectivity index (χ0n) is 10.3. The fraction of sp³-hybridized carbons (Fsp3) is 0.538. The van der Waals surface area contributed by atoms with Crippen LogP contribution in [0.4, 0.5) is 0 Å². The average molecular weight is 252 g/mol. The van der Waals surface area contributed by atoms with Gasteiger partial charge in [-0.2, -0.15) is 0 Å². The van der Waals surface area contributed by atoms with Crippen molar-refractivity contribution in [3.05, 3.63) is 24.2 Å². The molecule has 1 aromatic rings. The molecule has 1 heterocycles. The van der Waals surface area contributed by atoms with Crippen molar-refractivity contribution >= 4 is 11.9 Å². The molecule has 2 rings (SSSR count). The Bertz CT molecular complexity index is 409. The van der Waals surface area contributed by atoms with Gasteiger partial charge in [0.1, 0.15) is 6.10 Å². The van der Waals surface area contributed by atoms with Gasteiger partial charge in [-0.3, -0.25) is 4.79 Å². The summed E-state index contributed by atoms with van der Waals surface area (Å²) in [5.41, 5.74) is 0. The summed E-state index contributed by atoms with van der Waals surface area (Å²) in [6, 6.07) is 3.16. The molecule has 0 amide bonds. The van der Waals surface area contributed by atoms with Crippen LogP contribution in [0.2, 0.25) is 0 Å². The van der Waals surface area contributed by atoms with Crippen molar-refractivity contribution < 1.29 is 23.5 Å². The second kappa shape index (κ2) is 5.71. The Morgan fingerprint density at radius 3 is 2.78 bits per heavy atom. The predicted molar refractivity (Wildman–Crippen MR) is 61.9 cm³/mol. The molecule has 5 nitrogen and oxygen atoms in total. The van der Waals surface area contributed by atoms with Gasteiger partial charge in [0.05, 0.1) is 19.3 Å². The molecule has 0 radical (unpaired) electrons. The van der Waals surface area contributed by atoms with E-state index < -0.39 is 12.1 Å². The largest absolute Gasteiger partial charge is 0.469 e. The molecule has 0 aromatic carbocycles. The molecule has 0 spiro atoms. The normalized spacial score (nSPS) is 23.4. The van der Waals surface area contributed by atoms with E-state index in [-0.39, 0.29) is 17.6 Å². The topological polar surface area (TPSA) is 65.7 Å². The van der Waals surface area contributed by atoms with Crippen molar-refractivity contribution in [1.82, 2.24) is 0 Å². The summed E-state index contributed by atoms with van der Waals surface area (Å²) in [5.74, 6) is -1.04. The van der Waals surface area contributed by atoms with Gasteiger partial charge in [0.2, 0.25) is 5.76 Å². The van der Waals surface area contributed by atoms with Crippen molar-refractivity contribution in [2.45, 2.75) is 31.8 Å². The lowest BCUT2D eigenvalue weighted by Gasteiger charge is -2.28. The van der Waals surface area contributed by atoms with Crippen LogP contribution >= 0.6 is 0 Å². The standard InChI is InChI=1S/C13H16O5/c1-16-12(14)9-5-2-3-6-10(9)18-13(15)11-7-4-8-17-11/h4,7-10H,2-3,5-6H2,1H3/t9-,10+/m1/s1. The zero-order chi connectivity index (χ0) is 13.0. The summed E-state index contributed by atoms with van der Waals surface area (Å²) in [4.78, 5) is 23.4. The minimum atomic E-state index is -0.527. The summed E-state index contributed by atoms with van der Waals surface area (Å²) >= 11 is 0. The molecule has 1 aliphatic carbocycles. The van der Waals surface area contributed by atoms with E-state index in [1.54, 1.807) is 6.07 Å². The molecule has 5 heteroatoms. The highest BCUT2D eigenvalue weighted by molar-refractivity contribution is 5.86. The summed E-state index contributed by atoms with van der Waals surface area (Å²) < 4.78 is 15.0. The molecule has 1 fully saturated rings. The van der Waals surface area contributed by atoms with Gasteiger partial charge in [0.25, 0.3) is 0 Å². The number of methoxy groups -OCH3 is 1. The fourth-order valence-electron chi connectivity index (χ4n) is 2.25. The van der Waals surface area contributed by atoms with E-state index in [4.69, 9.17) is 13.9 Å². The lowest BCUT2D eigenvalue weighted by atomic mass is 9.86. The molecule has 1 aliphatic rings. The summed E-state index contributed by atoms with van der Waals surface area (Å²) in [6.07, 6.45) is 4.28. The van der Waals surface area contributed by atoms with Crippen molar-refractivity contribution in [2.24, 2.45) is 5.92 Å². The molecule has 1 saturated carbocycles. The Hall–Kier alpha value is -1.78. The van der Waals surface area contributed by atoms with E-state index in [0.717, 1.165) is 12.8 Å². The van der Waals surface area contributed by atoms with Gasteiger partial charge in [0.15, 0.2) is 0 Å². The molecule has 98 valence electrons. The average Bonchev–Trinajstić information content (AvgIpc) is 2.92. The van der Waals surface area contributed by atoms with Gasteiger partial charge >= 0.3 is 11.9 Å². The van der Waals surface area contributed by atoms with Gasteiger partial charge in [-0.25, -0.2) is 4.79 Å². The summed E-state index contributed by atoms with van der Waals surface area (Å²) in [5, 5.41) is 0. The van der Waals surface area contributed by atoms with Crippen LogP contribution in [-0.2, 0) is 14.3 Å². The van der Waals surface area contributed by atoms with Crippen molar-refractivity contribution in [1.29, 1.82) is 0 Å². The first kappa shape index (κ1) is 12.7. The minimum absolute atomic E-state index is 0.157. The summed E-state index contributed by atoms with van der Waals surface area (Å²) in [6.45, 7) is 0. The number of esters is 2. The van der Waals surface area contributed by atoms with Gasteiger partial charge in [-0.15, -0.1) is 0 Å². The number of carbonyl (C=O) groups excluding carboxylic acids is 2. The number of hydrogen-bond donors (Lipinski definition) is 0. The molecular formula is C13H16O5. The first-order valence-electron chi connectivity index (χ1n) is 6.04. The highest BCUT2D eigenvalue weighted by Gasteiger charge is 2.35. The van der Waals surface area contributed by atoms with Crippen LogP contribution in [0.25, 0.3) is 0 Å². The maximum atomic E-state index is 11.8. The van der Waals surface area contributed by atoms with Crippen molar-refractivity contribution in [2.75, 3.05) is 7.11 Å². The first-order chi connectivity index (χ1) is 8.72. The molecule has 18 heavy (non-hydrogen) atoms. The highest BCUT2D eigenvalue weighted by atomic mass is 16.6. The van der Waals surface area contributed by atoms with Crippen LogP contribution in [0.5, 0.6) is 0 Å². The molecule has 0 unspecified atom stereocenters. The second-order valence-electron chi connectivity index (χ2n) is 4.34. The molecule has 2 atom stereocenters. The Balaban J connectivity index is 2.01. The Morgan fingerprint density at radius 1 is 1.33 bits per heavy atom. The molecule has 0 bridgehead atoms. The predicted octanol–water partition coefficient (Wildman–Crippen LogP) is 2.17. The van der Waals surface area contributed by atoms with Crippen molar-refractivity contribution in [3.8, 4) is 0 Å². The van der Waals surface area contributed by atoms with Crippen LogP contribution in [-0.4, -0.2) is 25.2 Å². The smallest absolute Gasteiger partial charge is 0.374 e. The van der Waals surface area contributed by atoms with Crippen LogP contribution in [0.3, 0.4) is 0 Å². The third-order valence-electron chi connectivity index (χ3n) is 3.19. The van der Waals surface area contributed by atoms with Gasteiger partial charge < -0.3 is 13.9 Å². The van der Waals surface area contributed by atoms with Gasteiger partial charge in [-0.1, -0.05) is 6.42 Å². The van der Waals surface area contributed by atoms with E-state index >= 15 is 0 Å². The number of rotatable bonds is 3. The summed E-state index contributed by atoms with van der Waals surface area (Å²) in [7, 11) is 1.35. The Labute approximate surface area is 105 Å². The quantitative estimate of drug-likeness (QED) is 0.771.